The third-order valence-electron chi connectivity index (χ3n) is 4.19. The van der Waals surface area contributed by atoms with Crippen LogP contribution in [0.3, 0.4) is 0 Å². The van der Waals surface area contributed by atoms with E-state index in [1.807, 2.05) is 18.2 Å². The van der Waals surface area contributed by atoms with E-state index in [0.717, 1.165) is 0 Å². The minimum atomic E-state index is -0.504. The van der Waals surface area contributed by atoms with E-state index in [1.165, 1.54) is 28.8 Å². The molecule has 0 bridgehead atoms. The van der Waals surface area contributed by atoms with Crippen LogP contribution in [0.15, 0.2) is 53.3 Å². The topological polar surface area (TPSA) is 127 Å². The van der Waals surface area contributed by atoms with E-state index in [9.17, 15) is 20.2 Å². The van der Waals surface area contributed by atoms with Crippen LogP contribution in [0.4, 0.5) is 11.4 Å². The molecule has 27 heavy (non-hydrogen) atoms. The summed E-state index contributed by atoms with van der Waals surface area (Å²) in [5, 5.41) is 24.3. The molecule has 8 nitrogen and oxygen atoms in total. The molecule has 0 aliphatic heterocycles. The predicted molar refractivity (Wildman–Crippen MR) is 103 cm³/mol. The van der Waals surface area contributed by atoms with Gasteiger partial charge in [0.25, 0.3) is 11.2 Å². The smallest absolute Gasteiger partial charge is 0.275 e. The van der Waals surface area contributed by atoms with Gasteiger partial charge in [0.2, 0.25) is 0 Å². The van der Waals surface area contributed by atoms with Crippen molar-refractivity contribution in [1.82, 2.24) is 4.57 Å². The molecule has 0 saturated heterocycles. The van der Waals surface area contributed by atoms with Crippen molar-refractivity contribution >= 4 is 22.3 Å². The van der Waals surface area contributed by atoms with Crippen LogP contribution in [0.5, 0.6) is 0 Å². The quantitative estimate of drug-likeness (QED) is 0.393. The molecule has 0 amide bonds. The molecule has 0 radical (unpaired) electrons. The summed E-state index contributed by atoms with van der Waals surface area (Å²) in [5.74, 6) is 0. The monoisotopic (exact) mass is 363 g/mol. The van der Waals surface area contributed by atoms with Gasteiger partial charge in [0.1, 0.15) is 11.6 Å². The summed E-state index contributed by atoms with van der Waals surface area (Å²) in [6.45, 7) is 1.03. The van der Waals surface area contributed by atoms with E-state index in [2.05, 4.69) is 5.32 Å². The van der Waals surface area contributed by atoms with Gasteiger partial charge in [0.05, 0.1) is 16.1 Å². The Labute approximate surface area is 154 Å². The van der Waals surface area contributed by atoms with Crippen LogP contribution in [-0.4, -0.2) is 22.6 Å². The van der Waals surface area contributed by atoms with Gasteiger partial charge in [0.15, 0.2) is 0 Å². The highest BCUT2D eigenvalue weighted by Gasteiger charge is 2.18. The van der Waals surface area contributed by atoms with Gasteiger partial charge < -0.3 is 11.1 Å². The molecule has 0 aliphatic rings. The molecule has 3 N–H and O–H groups in total. The lowest BCUT2D eigenvalue weighted by atomic mass is 10.1. The molecule has 3 aromatic rings. The summed E-state index contributed by atoms with van der Waals surface area (Å²) >= 11 is 0. The van der Waals surface area contributed by atoms with E-state index >= 15 is 0 Å². The summed E-state index contributed by atoms with van der Waals surface area (Å²) in [7, 11) is 0. The number of non-ortho nitro benzene ring substituents is 1. The van der Waals surface area contributed by atoms with Crippen LogP contribution in [0.1, 0.15) is 12.0 Å². The fourth-order valence-electron chi connectivity index (χ4n) is 2.93. The standard InChI is InChI=1S/C19H17N5O3/c20-10-3-11-22-18-15-4-1-2-5-17(15)23(19(25)16(18)12-21)13-6-8-14(9-7-13)24(26)27/h1-2,4-9,22H,3,10-11,20H2. The number of fused-ring (bicyclic) bond motifs is 1. The van der Waals surface area contributed by atoms with Crippen molar-refractivity contribution in [1.29, 1.82) is 5.26 Å². The first-order valence-corrected chi connectivity index (χ1v) is 8.35. The fraction of sp³-hybridized carbons (Fsp3) is 0.158. The Morgan fingerprint density at radius 1 is 1.19 bits per heavy atom. The summed E-state index contributed by atoms with van der Waals surface area (Å²) in [4.78, 5) is 23.4. The van der Waals surface area contributed by atoms with Crippen molar-refractivity contribution in [2.75, 3.05) is 18.4 Å². The van der Waals surface area contributed by atoms with Gasteiger partial charge in [-0.2, -0.15) is 5.26 Å². The first kappa shape index (κ1) is 18.1. The summed E-state index contributed by atoms with van der Waals surface area (Å²) in [6.07, 6.45) is 0.699. The maximum Gasteiger partial charge on any atom is 0.275 e. The largest absolute Gasteiger partial charge is 0.383 e. The van der Waals surface area contributed by atoms with E-state index in [-0.39, 0.29) is 11.3 Å². The van der Waals surface area contributed by atoms with Crippen LogP contribution in [0, 0.1) is 21.4 Å². The number of para-hydroxylation sites is 1. The number of nitrogens with two attached hydrogens (primary N) is 1. The van der Waals surface area contributed by atoms with Gasteiger partial charge in [-0.1, -0.05) is 18.2 Å². The zero-order chi connectivity index (χ0) is 19.4. The zero-order valence-electron chi connectivity index (χ0n) is 14.4. The van der Waals surface area contributed by atoms with Gasteiger partial charge in [0, 0.05) is 29.8 Å². The van der Waals surface area contributed by atoms with Crippen molar-refractivity contribution in [3.63, 3.8) is 0 Å². The Kier molecular flexibility index (Phi) is 5.15. The van der Waals surface area contributed by atoms with Gasteiger partial charge in [-0.3, -0.25) is 19.5 Å². The molecule has 0 spiro atoms. The lowest BCUT2D eigenvalue weighted by Gasteiger charge is -2.16. The number of rotatable bonds is 6. The average molecular weight is 363 g/mol. The predicted octanol–water partition coefficient (Wildman–Crippen LogP) is 2.53. The number of nitro groups is 1. The molecular weight excluding hydrogens is 346 g/mol. The highest BCUT2D eigenvalue weighted by molar-refractivity contribution is 5.95. The van der Waals surface area contributed by atoms with E-state index in [4.69, 9.17) is 5.73 Å². The second-order valence-electron chi connectivity index (χ2n) is 5.86. The molecule has 2 aromatic carbocycles. The van der Waals surface area contributed by atoms with Gasteiger partial charge in [-0.25, -0.2) is 0 Å². The van der Waals surface area contributed by atoms with Crippen LogP contribution in [0.25, 0.3) is 16.6 Å². The number of pyridine rings is 1. The van der Waals surface area contributed by atoms with Crippen LogP contribution in [-0.2, 0) is 0 Å². The molecule has 1 heterocycles. The van der Waals surface area contributed by atoms with Crippen LogP contribution in [0.2, 0.25) is 0 Å². The van der Waals surface area contributed by atoms with E-state index < -0.39 is 10.5 Å². The first-order valence-electron chi connectivity index (χ1n) is 8.35. The van der Waals surface area contributed by atoms with Crippen molar-refractivity contribution in [3.8, 4) is 11.8 Å². The third kappa shape index (κ3) is 3.36. The minimum Gasteiger partial charge on any atom is -0.383 e. The third-order valence-corrected chi connectivity index (χ3v) is 4.19. The number of hydrogen-bond acceptors (Lipinski definition) is 6. The molecule has 0 saturated carbocycles. The minimum absolute atomic E-state index is 0.0101. The number of nitrogens with one attached hydrogen (secondary N) is 1. The number of hydrogen-bond donors (Lipinski definition) is 2. The number of benzene rings is 2. The molecule has 3 rings (SSSR count). The van der Waals surface area contributed by atoms with Gasteiger partial charge in [-0.15, -0.1) is 0 Å². The van der Waals surface area contributed by atoms with E-state index in [0.29, 0.717) is 41.8 Å². The normalized spacial score (nSPS) is 10.5. The summed E-state index contributed by atoms with van der Waals surface area (Å²) in [6, 6.07) is 14.8. The lowest BCUT2D eigenvalue weighted by Crippen LogP contribution is -2.24. The lowest BCUT2D eigenvalue weighted by molar-refractivity contribution is -0.384. The van der Waals surface area contributed by atoms with Crippen LogP contribution >= 0.6 is 0 Å². The molecule has 136 valence electrons. The molecule has 8 heteroatoms. The fourth-order valence-corrected chi connectivity index (χ4v) is 2.93. The maximum atomic E-state index is 13.0. The Morgan fingerprint density at radius 3 is 2.52 bits per heavy atom. The average Bonchev–Trinajstić information content (AvgIpc) is 2.68. The molecule has 0 fully saturated rings. The van der Waals surface area contributed by atoms with E-state index in [1.54, 1.807) is 12.1 Å². The first-order chi connectivity index (χ1) is 13.1. The van der Waals surface area contributed by atoms with Gasteiger partial charge >= 0.3 is 0 Å². The maximum absolute atomic E-state index is 13.0. The van der Waals surface area contributed by atoms with Crippen molar-refractivity contribution in [2.45, 2.75) is 6.42 Å². The highest BCUT2D eigenvalue weighted by Crippen LogP contribution is 2.27. The Hall–Kier alpha value is -3.70. The second kappa shape index (κ2) is 7.68. The van der Waals surface area contributed by atoms with Crippen molar-refractivity contribution < 1.29 is 4.92 Å². The van der Waals surface area contributed by atoms with Crippen LogP contribution < -0.4 is 16.6 Å². The summed E-state index contributed by atoms with van der Waals surface area (Å²) in [5.41, 5.74) is 6.48. The molecule has 0 aliphatic carbocycles. The molecule has 0 atom stereocenters. The number of nitro benzene ring substituents is 1. The SMILES string of the molecule is N#Cc1c(NCCCN)c2ccccc2n(-c2ccc([N+](=O)[O-])cc2)c1=O. The van der Waals surface area contributed by atoms with Crippen molar-refractivity contribution in [3.05, 3.63) is 74.6 Å². The molecule has 1 aromatic heterocycles. The Balaban J connectivity index is 2.26. The number of aromatic nitrogens is 1. The number of nitrogens with zero attached hydrogens (tertiary/aromatic N) is 3. The van der Waals surface area contributed by atoms with Crippen molar-refractivity contribution in [2.24, 2.45) is 5.73 Å². The molecule has 0 unspecified atom stereocenters. The summed E-state index contributed by atoms with van der Waals surface area (Å²) < 4.78 is 1.39. The Morgan fingerprint density at radius 2 is 1.89 bits per heavy atom. The second-order valence-corrected chi connectivity index (χ2v) is 5.86. The Bertz CT molecular complexity index is 1100. The molecular formula is C19H17N5O3. The zero-order valence-corrected chi connectivity index (χ0v) is 14.4. The highest BCUT2D eigenvalue weighted by atomic mass is 16.6. The van der Waals surface area contributed by atoms with Gasteiger partial charge in [-0.05, 0) is 31.2 Å². The number of nitriles is 1. The number of anilines is 1.